The number of hydrogen-bond donors (Lipinski definition) is 2. The molecule has 0 heterocycles. The predicted octanol–water partition coefficient (Wildman–Crippen LogP) is 4.54. The standard InChI is InChI=1S/C21H20N2O4S/c1-16-7-13-20(14-8-16)28(25,26)23-19-11-9-18(10-12-19)22-21(24)27-15-17-5-3-2-4-6-17/h2-14,23H,15H2,1H3,(H,22,24). The first-order chi connectivity index (χ1) is 13.4. The molecule has 0 unspecified atom stereocenters. The summed E-state index contributed by atoms with van der Waals surface area (Å²) in [4.78, 5) is 12.1. The Morgan fingerprint density at radius 2 is 1.46 bits per heavy atom. The highest BCUT2D eigenvalue weighted by Gasteiger charge is 2.14. The Labute approximate surface area is 164 Å². The molecule has 0 saturated carbocycles. The van der Waals surface area contributed by atoms with E-state index in [0.717, 1.165) is 11.1 Å². The number of rotatable bonds is 6. The second kappa shape index (κ2) is 8.58. The van der Waals surface area contributed by atoms with Gasteiger partial charge in [0.25, 0.3) is 10.0 Å². The second-order valence-electron chi connectivity index (χ2n) is 6.18. The van der Waals surface area contributed by atoms with Crippen molar-refractivity contribution < 1.29 is 17.9 Å². The highest BCUT2D eigenvalue weighted by Crippen LogP contribution is 2.19. The van der Waals surface area contributed by atoms with Crippen LogP contribution >= 0.6 is 0 Å². The van der Waals surface area contributed by atoms with Gasteiger partial charge in [0.05, 0.1) is 4.90 Å². The summed E-state index contributed by atoms with van der Waals surface area (Å²) >= 11 is 0. The predicted molar refractivity (Wildman–Crippen MR) is 109 cm³/mol. The van der Waals surface area contributed by atoms with Crippen LogP contribution in [0.3, 0.4) is 0 Å². The number of nitrogens with one attached hydrogen (secondary N) is 2. The van der Waals surface area contributed by atoms with Crippen LogP contribution in [0.25, 0.3) is 0 Å². The average Bonchev–Trinajstić information content (AvgIpc) is 2.69. The molecule has 144 valence electrons. The molecule has 0 aliphatic carbocycles. The molecule has 3 aromatic carbocycles. The van der Waals surface area contributed by atoms with E-state index in [9.17, 15) is 13.2 Å². The Morgan fingerprint density at radius 3 is 2.11 bits per heavy atom. The monoisotopic (exact) mass is 396 g/mol. The van der Waals surface area contributed by atoms with Crippen LogP contribution in [-0.2, 0) is 21.4 Å². The van der Waals surface area contributed by atoms with Crippen LogP contribution in [0.4, 0.5) is 16.2 Å². The molecule has 2 N–H and O–H groups in total. The molecule has 0 saturated heterocycles. The molecule has 0 aliphatic heterocycles. The molecule has 0 atom stereocenters. The molecule has 6 nitrogen and oxygen atoms in total. The van der Waals surface area contributed by atoms with Gasteiger partial charge in [-0.1, -0.05) is 48.0 Å². The molecule has 0 bridgehead atoms. The number of sulfonamides is 1. The van der Waals surface area contributed by atoms with Crippen molar-refractivity contribution in [3.63, 3.8) is 0 Å². The Kier molecular flexibility index (Phi) is 5.96. The zero-order chi connectivity index (χ0) is 20.0. The van der Waals surface area contributed by atoms with E-state index in [2.05, 4.69) is 10.0 Å². The summed E-state index contributed by atoms with van der Waals surface area (Å²) in [5.74, 6) is 0. The minimum Gasteiger partial charge on any atom is -0.444 e. The van der Waals surface area contributed by atoms with Crippen LogP contribution in [0.15, 0.2) is 83.8 Å². The Balaban J connectivity index is 1.57. The van der Waals surface area contributed by atoms with Crippen molar-refractivity contribution in [3.05, 3.63) is 90.0 Å². The third-order valence-corrected chi connectivity index (χ3v) is 5.32. The maximum atomic E-state index is 12.4. The molecule has 0 aliphatic rings. The first-order valence-electron chi connectivity index (χ1n) is 8.60. The summed E-state index contributed by atoms with van der Waals surface area (Å²) in [7, 11) is -3.67. The Bertz CT molecular complexity index is 1030. The lowest BCUT2D eigenvalue weighted by molar-refractivity contribution is 0.155. The van der Waals surface area contributed by atoms with E-state index in [1.165, 1.54) is 0 Å². The van der Waals surface area contributed by atoms with Crippen LogP contribution in [0, 0.1) is 6.92 Å². The van der Waals surface area contributed by atoms with Crippen LogP contribution < -0.4 is 10.0 Å². The van der Waals surface area contributed by atoms with Gasteiger partial charge in [0.15, 0.2) is 0 Å². The van der Waals surface area contributed by atoms with Crippen molar-refractivity contribution in [3.8, 4) is 0 Å². The molecule has 0 aromatic heterocycles. The van der Waals surface area contributed by atoms with Crippen LogP contribution in [0.2, 0.25) is 0 Å². The lowest BCUT2D eigenvalue weighted by Crippen LogP contribution is -2.14. The summed E-state index contributed by atoms with van der Waals surface area (Å²) in [6, 6.07) is 22.3. The smallest absolute Gasteiger partial charge is 0.411 e. The minimum absolute atomic E-state index is 0.168. The lowest BCUT2D eigenvalue weighted by atomic mass is 10.2. The van der Waals surface area contributed by atoms with Gasteiger partial charge in [0, 0.05) is 11.4 Å². The van der Waals surface area contributed by atoms with Crippen molar-refractivity contribution in [2.24, 2.45) is 0 Å². The van der Waals surface area contributed by atoms with E-state index in [1.807, 2.05) is 37.3 Å². The first kappa shape index (κ1) is 19.4. The van der Waals surface area contributed by atoms with Crippen LogP contribution in [-0.4, -0.2) is 14.5 Å². The molecule has 0 fully saturated rings. The molecule has 0 spiro atoms. The first-order valence-corrected chi connectivity index (χ1v) is 10.1. The zero-order valence-corrected chi connectivity index (χ0v) is 16.1. The zero-order valence-electron chi connectivity index (χ0n) is 15.3. The fourth-order valence-electron chi connectivity index (χ4n) is 2.43. The Morgan fingerprint density at radius 1 is 0.857 bits per heavy atom. The van der Waals surface area contributed by atoms with Gasteiger partial charge in [-0.3, -0.25) is 10.0 Å². The van der Waals surface area contributed by atoms with Gasteiger partial charge in [-0.15, -0.1) is 0 Å². The molecule has 1 amide bonds. The highest BCUT2D eigenvalue weighted by molar-refractivity contribution is 7.92. The normalized spacial score (nSPS) is 10.9. The number of carbonyl (C=O) groups excluding carboxylic acids is 1. The molecule has 3 rings (SSSR count). The van der Waals surface area contributed by atoms with E-state index in [1.54, 1.807) is 48.5 Å². The summed E-state index contributed by atoms with van der Waals surface area (Å²) in [5, 5.41) is 2.60. The second-order valence-corrected chi connectivity index (χ2v) is 7.87. The minimum atomic E-state index is -3.67. The van der Waals surface area contributed by atoms with Crippen molar-refractivity contribution >= 4 is 27.5 Å². The molecule has 28 heavy (non-hydrogen) atoms. The quantitative estimate of drug-likeness (QED) is 0.640. The fraction of sp³-hybridized carbons (Fsp3) is 0.0952. The average molecular weight is 396 g/mol. The summed E-state index contributed by atoms with van der Waals surface area (Å²) < 4.78 is 32.4. The van der Waals surface area contributed by atoms with E-state index in [0.29, 0.717) is 11.4 Å². The molecular formula is C21H20N2O4S. The number of hydrogen-bond acceptors (Lipinski definition) is 4. The molecular weight excluding hydrogens is 376 g/mol. The fourth-order valence-corrected chi connectivity index (χ4v) is 3.49. The summed E-state index contributed by atoms with van der Waals surface area (Å²) in [5.41, 5.74) is 2.76. The number of anilines is 2. The van der Waals surface area contributed by atoms with Gasteiger partial charge in [0.1, 0.15) is 6.61 Å². The topological polar surface area (TPSA) is 84.5 Å². The van der Waals surface area contributed by atoms with Crippen molar-refractivity contribution in [2.45, 2.75) is 18.4 Å². The van der Waals surface area contributed by atoms with Gasteiger partial charge in [-0.2, -0.15) is 0 Å². The third-order valence-electron chi connectivity index (χ3n) is 3.93. The number of benzene rings is 3. The third kappa shape index (κ3) is 5.34. The Hall–Kier alpha value is -3.32. The maximum Gasteiger partial charge on any atom is 0.411 e. The number of aryl methyl sites for hydroxylation is 1. The van der Waals surface area contributed by atoms with Crippen molar-refractivity contribution in [1.29, 1.82) is 0 Å². The van der Waals surface area contributed by atoms with Gasteiger partial charge >= 0.3 is 6.09 Å². The van der Waals surface area contributed by atoms with Gasteiger partial charge in [-0.05, 0) is 48.9 Å². The van der Waals surface area contributed by atoms with Crippen LogP contribution in [0.5, 0.6) is 0 Å². The van der Waals surface area contributed by atoms with Gasteiger partial charge in [0.2, 0.25) is 0 Å². The van der Waals surface area contributed by atoms with Gasteiger partial charge in [-0.25, -0.2) is 13.2 Å². The van der Waals surface area contributed by atoms with E-state index in [4.69, 9.17) is 4.74 Å². The largest absolute Gasteiger partial charge is 0.444 e. The SMILES string of the molecule is Cc1ccc(S(=O)(=O)Nc2ccc(NC(=O)OCc3ccccc3)cc2)cc1. The van der Waals surface area contributed by atoms with E-state index in [-0.39, 0.29) is 11.5 Å². The maximum absolute atomic E-state index is 12.4. The van der Waals surface area contributed by atoms with E-state index < -0.39 is 16.1 Å². The van der Waals surface area contributed by atoms with Crippen LogP contribution in [0.1, 0.15) is 11.1 Å². The number of ether oxygens (including phenoxy) is 1. The number of carbonyl (C=O) groups is 1. The van der Waals surface area contributed by atoms with Crippen molar-refractivity contribution in [2.75, 3.05) is 10.0 Å². The van der Waals surface area contributed by atoms with Crippen molar-refractivity contribution in [1.82, 2.24) is 0 Å². The van der Waals surface area contributed by atoms with Gasteiger partial charge < -0.3 is 4.74 Å². The summed E-state index contributed by atoms with van der Waals surface area (Å²) in [6.07, 6.45) is -0.586. The molecule has 0 radical (unpaired) electrons. The summed E-state index contributed by atoms with van der Waals surface area (Å²) in [6.45, 7) is 2.06. The molecule has 7 heteroatoms. The molecule has 3 aromatic rings. The lowest BCUT2D eigenvalue weighted by Gasteiger charge is -2.10. The van der Waals surface area contributed by atoms with E-state index >= 15 is 0 Å². The number of amides is 1. The highest BCUT2D eigenvalue weighted by atomic mass is 32.2.